The first-order valence-electron chi connectivity index (χ1n) is 11.3. The number of alkyl halides is 3. The van der Waals surface area contributed by atoms with E-state index >= 15 is 0 Å². The van der Waals surface area contributed by atoms with Gasteiger partial charge in [0.15, 0.2) is 0 Å². The van der Waals surface area contributed by atoms with Crippen molar-refractivity contribution in [3.05, 3.63) is 70.2 Å². The van der Waals surface area contributed by atoms with Crippen molar-refractivity contribution in [2.45, 2.75) is 46.3 Å². The summed E-state index contributed by atoms with van der Waals surface area (Å²) in [4.78, 5) is 10.4. The fraction of sp³-hybridized carbons (Fsp3) is 0.333. The molecule has 4 nitrogen and oxygen atoms in total. The summed E-state index contributed by atoms with van der Waals surface area (Å²) in [5, 5.41) is 1.55. The third kappa shape index (κ3) is 3.75. The van der Waals surface area contributed by atoms with Gasteiger partial charge in [-0.05, 0) is 55.2 Å². The molecule has 0 spiro atoms. The fourth-order valence-electron chi connectivity index (χ4n) is 4.75. The zero-order chi connectivity index (χ0) is 25.3. The first kappa shape index (κ1) is 23.3. The van der Waals surface area contributed by atoms with Crippen molar-refractivity contribution in [1.82, 2.24) is 9.88 Å². The third-order valence-corrected chi connectivity index (χ3v) is 6.96. The number of fused-ring (bicyclic) bond motifs is 4. The Morgan fingerprint density at radius 3 is 2.54 bits per heavy atom. The number of hydrogen-bond acceptors (Lipinski definition) is 4. The van der Waals surface area contributed by atoms with Crippen LogP contribution >= 0.6 is 0 Å². The lowest BCUT2D eigenvalue weighted by Gasteiger charge is -2.33. The number of nitrogens with zero attached hydrogens (tertiary/aromatic N) is 3. The highest BCUT2D eigenvalue weighted by atomic mass is 19.4. The van der Waals surface area contributed by atoms with Gasteiger partial charge in [-0.2, -0.15) is 22.5 Å². The molecule has 2 aliphatic rings. The molecule has 3 aromatic rings. The van der Waals surface area contributed by atoms with Gasteiger partial charge >= 0.3 is 6.18 Å². The van der Waals surface area contributed by atoms with Crippen LogP contribution in [0, 0.1) is 25.2 Å². The second kappa shape index (κ2) is 7.80. The average Bonchev–Trinajstić information content (AvgIpc) is 3.11. The predicted octanol–water partition coefficient (Wildman–Crippen LogP) is 7.27. The molecule has 0 saturated heterocycles. The van der Waals surface area contributed by atoms with E-state index in [4.69, 9.17) is 4.42 Å². The monoisotopic (exact) mass is 483 g/mol. The van der Waals surface area contributed by atoms with E-state index in [1.165, 1.54) is 19.9 Å². The number of hydrogen-bond donors (Lipinski definition) is 0. The van der Waals surface area contributed by atoms with Crippen molar-refractivity contribution in [2.75, 3.05) is 7.05 Å². The Morgan fingerprint density at radius 1 is 1.09 bits per heavy atom. The molecule has 8 heteroatoms. The highest BCUT2D eigenvalue weighted by molar-refractivity contribution is 6.09. The first-order chi connectivity index (χ1) is 16.4. The molecule has 5 rings (SSSR count). The van der Waals surface area contributed by atoms with Gasteiger partial charge in [0.2, 0.25) is 11.7 Å². The highest BCUT2D eigenvalue weighted by Gasteiger charge is 2.47. The molecule has 1 aliphatic heterocycles. The van der Waals surface area contributed by atoms with Crippen molar-refractivity contribution in [2.24, 2.45) is 10.4 Å². The van der Waals surface area contributed by atoms with E-state index < -0.39 is 23.6 Å². The molecular formula is C27H25F4N3O. The van der Waals surface area contributed by atoms with Crippen LogP contribution in [0.5, 0.6) is 0 Å². The van der Waals surface area contributed by atoms with E-state index in [9.17, 15) is 17.6 Å². The molecule has 35 heavy (non-hydrogen) atoms. The van der Waals surface area contributed by atoms with Crippen LogP contribution in [-0.2, 0) is 0 Å². The minimum absolute atomic E-state index is 0.133. The highest BCUT2D eigenvalue weighted by Crippen LogP contribution is 2.45. The molecule has 1 unspecified atom stereocenters. The smallest absolute Gasteiger partial charge is 0.394 e. The summed E-state index contributed by atoms with van der Waals surface area (Å²) >= 11 is 0. The van der Waals surface area contributed by atoms with Crippen LogP contribution in [0.15, 0.2) is 57.0 Å². The topological polar surface area (TPSA) is 41.6 Å². The molecule has 0 amide bonds. The van der Waals surface area contributed by atoms with Gasteiger partial charge in [-0.1, -0.05) is 32.1 Å². The Labute approximate surface area is 200 Å². The second-order valence-corrected chi connectivity index (χ2v) is 9.92. The molecular weight excluding hydrogens is 458 g/mol. The lowest BCUT2D eigenvalue weighted by molar-refractivity contribution is -0.210. The zero-order valence-corrected chi connectivity index (χ0v) is 20.1. The van der Waals surface area contributed by atoms with Crippen molar-refractivity contribution in [3.8, 4) is 0 Å². The van der Waals surface area contributed by atoms with Gasteiger partial charge in [0.25, 0.3) is 0 Å². The summed E-state index contributed by atoms with van der Waals surface area (Å²) in [6.07, 6.45) is 2.63. The van der Waals surface area contributed by atoms with Crippen molar-refractivity contribution >= 4 is 34.1 Å². The lowest BCUT2D eigenvalue weighted by Crippen LogP contribution is -2.33. The first-order valence-corrected chi connectivity index (χ1v) is 11.3. The molecule has 0 bridgehead atoms. The van der Waals surface area contributed by atoms with Crippen LogP contribution < -0.4 is 0 Å². The molecule has 3 heterocycles. The number of rotatable bonds is 3. The number of pyridine rings is 1. The number of furan rings is 1. The van der Waals surface area contributed by atoms with Crippen LogP contribution in [-0.4, -0.2) is 35.5 Å². The van der Waals surface area contributed by atoms with Crippen LogP contribution in [0.3, 0.4) is 0 Å². The van der Waals surface area contributed by atoms with E-state index in [0.717, 1.165) is 38.7 Å². The third-order valence-electron chi connectivity index (χ3n) is 6.96. The van der Waals surface area contributed by atoms with Crippen molar-refractivity contribution in [3.63, 3.8) is 0 Å². The lowest BCUT2D eigenvalue weighted by atomic mass is 9.81. The number of benzene rings is 1. The second-order valence-electron chi connectivity index (χ2n) is 9.92. The Bertz CT molecular complexity index is 1490. The molecule has 1 aliphatic carbocycles. The van der Waals surface area contributed by atoms with Gasteiger partial charge in [-0.25, -0.2) is 0 Å². The number of aromatic nitrogens is 1. The summed E-state index contributed by atoms with van der Waals surface area (Å²) in [5.74, 6) is -0.620. The predicted molar refractivity (Wildman–Crippen MR) is 130 cm³/mol. The molecule has 0 saturated carbocycles. The molecule has 0 radical (unpaired) electrons. The maximum absolute atomic E-state index is 13.8. The molecule has 182 valence electrons. The summed E-state index contributed by atoms with van der Waals surface area (Å²) < 4.78 is 60.3. The van der Waals surface area contributed by atoms with E-state index in [2.05, 4.69) is 9.98 Å². The SMILES string of the molecule is Cc1cc2c(oc3nc(F)ccc32)c(C2=C3C=CC(CC(C)(C)C(F)(F)F)=CC3N=CN2C)c1C. The van der Waals surface area contributed by atoms with E-state index in [1.54, 1.807) is 24.6 Å². The largest absolute Gasteiger partial charge is 0.437 e. The molecule has 1 aromatic carbocycles. The van der Waals surface area contributed by atoms with Crippen molar-refractivity contribution < 1.29 is 22.0 Å². The van der Waals surface area contributed by atoms with Crippen LogP contribution in [0.1, 0.15) is 37.0 Å². The van der Waals surface area contributed by atoms with Crippen molar-refractivity contribution in [1.29, 1.82) is 0 Å². The fourth-order valence-corrected chi connectivity index (χ4v) is 4.75. The van der Waals surface area contributed by atoms with Gasteiger partial charge < -0.3 is 9.32 Å². The maximum Gasteiger partial charge on any atom is 0.394 e. The number of halogens is 4. The normalized spacial score (nSPS) is 18.6. The Morgan fingerprint density at radius 2 is 1.83 bits per heavy atom. The average molecular weight is 484 g/mol. The number of aryl methyl sites for hydroxylation is 1. The van der Waals surface area contributed by atoms with Gasteiger partial charge in [-0.3, -0.25) is 4.99 Å². The molecule has 0 fully saturated rings. The summed E-state index contributed by atoms with van der Waals surface area (Å²) in [7, 11) is 1.87. The quantitative estimate of drug-likeness (QED) is 0.291. The van der Waals surface area contributed by atoms with Crippen LogP contribution in [0.25, 0.3) is 27.8 Å². The van der Waals surface area contributed by atoms with E-state index in [0.29, 0.717) is 11.2 Å². The molecule has 2 aromatic heterocycles. The van der Waals surface area contributed by atoms with Crippen LogP contribution in [0.4, 0.5) is 17.6 Å². The Kier molecular flexibility index (Phi) is 5.20. The van der Waals surface area contributed by atoms with E-state index in [-0.39, 0.29) is 12.1 Å². The molecule has 1 atom stereocenters. The maximum atomic E-state index is 13.8. The minimum atomic E-state index is -4.31. The Hall–Kier alpha value is -3.42. The summed E-state index contributed by atoms with van der Waals surface area (Å²) in [6.45, 7) is 6.41. The minimum Gasteiger partial charge on any atom is -0.437 e. The summed E-state index contributed by atoms with van der Waals surface area (Å²) in [5.41, 5.74) is 4.11. The van der Waals surface area contributed by atoms with Gasteiger partial charge in [0, 0.05) is 29.0 Å². The Balaban J connectivity index is 1.68. The number of allylic oxidation sites excluding steroid dienone is 2. The summed E-state index contributed by atoms with van der Waals surface area (Å²) in [6, 6.07) is 4.56. The van der Waals surface area contributed by atoms with Gasteiger partial charge in [0.1, 0.15) is 5.58 Å². The van der Waals surface area contributed by atoms with Gasteiger partial charge in [0.05, 0.1) is 23.5 Å². The molecule has 0 N–H and O–H groups in total. The number of aliphatic imine (C=N–C) groups is 1. The zero-order valence-electron chi connectivity index (χ0n) is 20.1. The van der Waals surface area contributed by atoms with Crippen LogP contribution in [0.2, 0.25) is 0 Å². The van der Waals surface area contributed by atoms with E-state index in [1.807, 2.05) is 37.9 Å². The van der Waals surface area contributed by atoms with Gasteiger partial charge in [-0.15, -0.1) is 0 Å². The standard InChI is InChI=1S/C27H25F4N3O/c1-14-10-19-17-8-9-21(28)33-25(17)35-24(19)22(15(14)2)23-18-7-6-16(11-20(18)32-13-34(23)5)12-26(3,4)27(29,30)31/h6-11,13,20H,12H2,1-5H3.